The molecule has 0 bridgehead atoms. The molecule has 1 fully saturated rings. The molecule has 224 valence electrons. The molecule has 0 saturated heterocycles. The molecule has 0 radical (unpaired) electrons. The van der Waals surface area contributed by atoms with Gasteiger partial charge in [0.15, 0.2) is 0 Å². The van der Waals surface area contributed by atoms with E-state index in [-0.39, 0.29) is 11.3 Å². The molecule has 0 aromatic carbocycles. The Morgan fingerprint density at radius 3 is 1.69 bits per heavy atom. The maximum Gasteiger partial charge on any atom is 0.483 e. The Morgan fingerprint density at radius 2 is 1.23 bits per heavy atom. The number of hydrogen-bond donors (Lipinski definition) is 2. The molecule has 0 heterocycles. The molecule has 4 unspecified atom stereocenters. The van der Waals surface area contributed by atoms with E-state index >= 15 is 0 Å². The van der Waals surface area contributed by atoms with E-state index in [1.807, 2.05) is 0 Å². The highest BCUT2D eigenvalue weighted by Gasteiger charge is 2.63. The van der Waals surface area contributed by atoms with Crippen LogP contribution in [0.5, 0.6) is 0 Å². The van der Waals surface area contributed by atoms with Gasteiger partial charge in [-0.25, -0.2) is 9.13 Å². The van der Waals surface area contributed by atoms with Crippen LogP contribution in [0.25, 0.3) is 0 Å². The van der Waals surface area contributed by atoms with Gasteiger partial charge in [0.2, 0.25) is 0 Å². The minimum absolute atomic E-state index is 0.0662. The molecular weight excluding hydrogens is 534 g/mol. The van der Waals surface area contributed by atoms with Crippen molar-refractivity contribution in [2.45, 2.75) is 113 Å². The van der Waals surface area contributed by atoms with Crippen molar-refractivity contribution < 1.29 is 32.3 Å². The monoisotopic (exact) mass is 586 g/mol. The first-order chi connectivity index (χ1) is 18.0. The molecule has 39 heavy (non-hydrogen) atoms. The molecule has 7 nitrogen and oxygen atoms in total. The lowest BCUT2D eigenvalue weighted by atomic mass is 9.96. The molecular formula is C30H52O7P2. The van der Waals surface area contributed by atoms with E-state index < -0.39 is 21.7 Å². The molecule has 0 spiro atoms. The minimum Gasteiger partial charge on any atom is -0.302 e. The van der Waals surface area contributed by atoms with Crippen LogP contribution in [-0.2, 0) is 22.5 Å². The Bertz CT molecular complexity index is 1040. The smallest absolute Gasteiger partial charge is 0.302 e. The van der Waals surface area contributed by atoms with Crippen LogP contribution in [0.4, 0.5) is 0 Å². The van der Waals surface area contributed by atoms with Gasteiger partial charge in [-0.2, -0.15) is 4.31 Å². The number of allylic oxidation sites excluding steroid dienone is 9. The summed E-state index contributed by atoms with van der Waals surface area (Å²) < 4.78 is 39.2. The predicted octanol–water partition coefficient (Wildman–Crippen LogP) is 9.76. The van der Waals surface area contributed by atoms with E-state index in [0.717, 1.165) is 58.5 Å². The lowest BCUT2D eigenvalue weighted by Crippen LogP contribution is -2.06. The molecule has 0 aromatic rings. The highest BCUT2D eigenvalue weighted by molar-refractivity contribution is 7.61. The zero-order chi connectivity index (χ0) is 29.9. The molecule has 9 heteroatoms. The summed E-state index contributed by atoms with van der Waals surface area (Å²) >= 11 is 0. The Morgan fingerprint density at radius 1 is 0.769 bits per heavy atom. The summed E-state index contributed by atoms with van der Waals surface area (Å²) in [6.07, 6.45) is 18.2. The van der Waals surface area contributed by atoms with Crippen LogP contribution in [0.15, 0.2) is 58.2 Å². The van der Waals surface area contributed by atoms with Gasteiger partial charge < -0.3 is 9.79 Å². The van der Waals surface area contributed by atoms with E-state index in [2.05, 4.69) is 90.1 Å². The third-order valence-electron chi connectivity index (χ3n) is 7.16. The number of hydrogen-bond acceptors (Lipinski definition) is 5. The fourth-order valence-electron chi connectivity index (χ4n) is 4.64. The second-order valence-corrected chi connectivity index (χ2v) is 14.7. The van der Waals surface area contributed by atoms with Crippen LogP contribution in [0.3, 0.4) is 0 Å². The molecule has 1 aliphatic carbocycles. The van der Waals surface area contributed by atoms with Crippen molar-refractivity contribution >= 4 is 15.6 Å². The Balaban J connectivity index is 2.95. The maximum atomic E-state index is 12.9. The van der Waals surface area contributed by atoms with Gasteiger partial charge in [-0.05, 0) is 99.8 Å². The lowest BCUT2D eigenvalue weighted by molar-refractivity contribution is 0.135. The molecule has 0 aromatic heterocycles. The average molecular weight is 587 g/mol. The summed E-state index contributed by atoms with van der Waals surface area (Å²) in [6.45, 7) is 16.9. The Kier molecular flexibility index (Phi) is 15.1. The fourth-order valence-corrected chi connectivity index (χ4v) is 6.84. The van der Waals surface area contributed by atoms with E-state index in [1.54, 1.807) is 0 Å². The van der Waals surface area contributed by atoms with Crippen molar-refractivity contribution in [1.82, 2.24) is 0 Å². The second kappa shape index (κ2) is 16.4. The zero-order valence-electron chi connectivity index (χ0n) is 25.5. The fraction of sp³-hybridized carbons (Fsp3) is 0.667. The van der Waals surface area contributed by atoms with Crippen molar-refractivity contribution in [2.24, 2.45) is 11.3 Å². The standard InChI is InChI=1S/C30H52O7P2/c1-23(2)14-10-16-25(5)18-12-19-27(7)22-28-29(36-39(34,35-9)37-38(31,32)33)30(28,8)21-13-20-26(6)17-11-15-24(3)4/h14-15,18,20,22,28-29H,10-13,16-17,19,21H2,1-9H3,(H2,31,32,33)/b25-18+,26-20+,27-22+. The summed E-state index contributed by atoms with van der Waals surface area (Å²) in [4.78, 5) is 18.4. The highest BCUT2D eigenvalue weighted by atomic mass is 31.3. The van der Waals surface area contributed by atoms with Crippen LogP contribution in [-0.4, -0.2) is 23.0 Å². The van der Waals surface area contributed by atoms with Crippen LogP contribution in [0.2, 0.25) is 0 Å². The van der Waals surface area contributed by atoms with Gasteiger partial charge in [0.25, 0.3) is 0 Å². The third kappa shape index (κ3) is 14.4. The second-order valence-electron chi connectivity index (χ2n) is 11.6. The van der Waals surface area contributed by atoms with E-state index in [4.69, 9.17) is 9.05 Å². The maximum absolute atomic E-state index is 12.9. The largest absolute Gasteiger partial charge is 0.483 e. The Hall–Kier alpha value is -1.04. The molecule has 4 atom stereocenters. The van der Waals surface area contributed by atoms with Gasteiger partial charge in [0.1, 0.15) is 0 Å². The molecule has 2 N–H and O–H groups in total. The average Bonchev–Trinajstić information content (AvgIpc) is 3.31. The summed E-state index contributed by atoms with van der Waals surface area (Å²) in [5.74, 6) is -0.0662. The van der Waals surface area contributed by atoms with E-state index in [1.165, 1.54) is 27.9 Å². The summed E-state index contributed by atoms with van der Waals surface area (Å²) in [5, 5.41) is 0. The van der Waals surface area contributed by atoms with E-state index in [9.17, 15) is 18.9 Å². The number of phosphoric acid groups is 2. The topological polar surface area (TPSA) is 102 Å². The van der Waals surface area contributed by atoms with Crippen molar-refractivity contribution in [2.75, 3.05) is 7.11 Å². The number of rotatable bonds is 18. The third-order valence-corrected chi connectivity index (χ3v) is 9.74. The van der Waals surface area contributed by atoms with Crippen LogP contribution < -0.4 is 0 Å². The normalized spacial score (nSPS) is 23.8. The molecule has 0 aliphatic heterocycles. The first-order valence-electron chi connectivity index (χ1n) is 13.9. The molecule has 1 rings (SSSR count). The van der Waals surface area contributed by atoms with Crippen molar-refractivity contribution in [3.8, 4) is 0 Å². The van der Waals surface area contributed by atoms with Crippen molar-refractivity contribution in [3.63, 3.8) is 0 Å². The van der Waals surface area contributed by atoms with E-state index in [0.29, 0.717) is 0 Å². The van der Waals surface area contributed by atoms with Gasteiger partial charge >= 0.3 is 15.6 Å². The van der Waals surface area contributed by atoms with Gasteiger partial charge in [-0.1, -0.05) is 65.2 Å². The minimum atomic E-state index is -5.06. The zero-order valence-corrected chi connectivity index (χ0v) is 27.3. The van der Waals surface area contributed by atoms with Gasteiger partial charge in [-0.15, -0.1) is 0 Å². The lowest BCUT2D eigenvalue weighted by Gasteiger charge is -2.17. The SMILES string of the molecule is COP(=O)(OC1C(/C=C(\C)CC/C=C(\C)CCC=C(C)C)C1(C)CC/C=C(\C)CCC=C(C)C)OP(=O)(O)O. The predicted molar refractivity (Wildman–Crippen MR) is 161 cm³/mol. The quantitative estimate of drug-likeness (QED) is 0.122. The van der Waals surface area contributed by atoms with Gasteiger partial charge in [0.05, 0.1) is 6.10 Å². The summed E-state index contributed by atoms with van der Waals surface area (Å²) in [6, 6.07) is 0. The summed E-state index contributed by atoms with van der Waals surface area (Å²) in [7, 11) is -8.43. The highest BCUT2D eigenvalue weighted by Crippen LogP contribution is 2.69. The van der Waals surface area contributed by atoms with Crippen molar-refractivity contribution in [1.29, 1.82) is 0 Å². The molecule has 1 aliphatic rings. The van der Waals surface area contributed by atoms with Gasteiger partial charge in [0, 0.05) is 18.4 Å². The Labute approximate surface area is 237 Å². The van der Waals surface area contributed by atoms with Crippen LogP contribution >= 0.6 is 15.6 Å². The van der Waals surface area contributed by atoms with Crippen LogP contribution in [0.1, 0.15) is 107 Å². The van der Waals surface area contributed by atoms with Crippen molar-refractivity contribution in [3.05, 3.63) is 58.2 Å². The van der Waals surface area contributed by atoms with Crippen LogP contribution in [0, 0.1) is 11.3 Å². The summed E-state index contributed by atoms with van der Waals surface area (Å²) in [5.41, 5.74) is 6.18. The molecule has 1 saturated carbocycles. The first-order valence-corrected chi connectivity index (χ1v) is 16.9. The molecule has 0 amide bonds. The number of phosphoric ester groups is 1. The first kappa shape index (κ1) is 36.0. The van der Waals surface area contributed by atoms with Gasteiger partial charge in [-0.3, -0.25) is 9.05 Å².